The predicted molar refractivity (Wildman–Crippen MR) is 71.9 cm³/mol. The Balaban J connectivity index is 2.17. The van der Waals surface area contributed by atoms with Crippen LogP contribution >= 0.6 is 11.6 Å². The van der Waals surface area contributed by atoms with Crippen LogP contribution < -0.4 is 10.9 Å². The van der Waals surface area contributed by atoms with Gasteiger partial charge in [0.1, 0.15) is 5.82 Å². The van der Waals surface area contributed by atoms with Gasteiger partial charge in [0.25, 0.3) is 5.56 Å². The zero-order valence-corrected chi connectivity index (χ0v) is 10.8. The summed E-state index contributed by atoms with van der Waals surface area (Å²) in [5, 5.41) is 3.62. The van der Waals surface area contributed by atoms with Gasteiger partial charge in [-0.15, -0.1) is 0 Å². The van der Waals surface area contributed by atoms with Gasteiger partial charge in [-0.3, -0.25) is 4.79 Å². The Labute approximate surface area is 110 Å². The van der Waals surface area contributed by atoms with Gasteiger partial charge >= 0.3 is 0 Å². The molecule has 1 heterocycles. The topological polar surface area (TPSA) is 57.8 Å². The Bertz CT molecular complexity index is 578. The van der Waals surface area contributed by atoms with Crippen LogP contribution in [0.2, 0.25) is 5.02 Å². The van der Waals surface area contributed by atoms with Crippen LogP contribution in [0.4, 0.5) is 0 Å². The van der Waals surface area contributed by atoms with Crippen molar-refractivity contribution in [2.45, 2.75) is 13.0 Å². The van der Waals surface area contributed by atoms with E-state index in [2.05, 4.69) is 15.3 Å². The fourth-order valence-electron chi connectivity index (χ4n) is 1.66. The van der Waals surface area contributed by atoms with Crippen molar-refractivity contribution in [2.24, 2.45) is 0 Å². The lowest BCUT2D eigenvalue weighted by Crippen LogP contribution is -2.20. The summed E-state index contributed by atoms with van der Waals surface area (Å²) >= 11 is 5.82. The standard InChI is InChI=1S/C13H14ClN3O/c1-15-7-10-8-16-12(17-13(10)18)6-9-2-4-11(14)5-3-9/h2-5,8,15H,6-7H2,1H3,(H,16,17,18). The molecule has 0 aliphatic rings. The van der Waals surface area contributed by atoms with Gasteiger partial charge < -0.3 is 10.3 Å². The average Bonchev–Trinajstić information content (AvgIpc) is 2.36. The first kappa shape index (κ1) is 12.8. The summed E-state index contributed by atoms with van der Waals surface area (Å²) in [6.45, 7) is 0.517. The SMILES string of the molecule is CNCc1cnc(Cc2ccc(Cl)cc2)[nH]c1=O. The van der Waals surface area contributed by atoms with Crippen molar-refractivity contribution in [3.8, 4) is 0 Å². The molecule has 0 aliphatic carbocycles. The van der Waals surface area contributed by atoms with Crippen LogP contribution in [0.25, 0.3) is 0 Å². The van der Waals surface area contributed by atoms with Crippen molar-refractivity contribution in [3.05, 3.63) is 62.8 Å². The highest BCUT2D eigenvalue weighted by Crippen LogP contribution is 2.11. The minimum atomic E-state index is -0.0942. The fraction of sp³-hybridized carbons (Fsp3) is 0.231. The molecule has 2 N–H and O–H groups in total. The van der Waals surface area contributed by atoms with E-state index in [4.69, 9.17) is 11.6 Å². The van der Waals surface area contributed by atoms with Gasteiger partial charge in [0.2, 0.25) is 0 Å². The number of benzene rings is 1. The van der Waals surface area contributed by atoms with Crippen molar-refractivity contribution in [1.82, 2.24) is 15.3 Å². The van der Waals surface area contributed by atoms with Crippen LogP contribution in [0.1, 0.15) is 17.0 Å². The monoisotopic (exact) mass is 263 g/mol. The second-order valence-electron chi connectivity index (χ2n) is 4.02. The largest absolute Gasteiger partial charge is 0.315 e. The number of nitrogens with zero attached hydrogens (tertiary/aromatic N) is 1. The predicted octanol–water partition coefficient (Wildman–Crippen LogP) is 1.73. The molecule has 0 atom stereocenters. The molecule has 5 heteroatoms. The van der Waals surface area contributed by atoms with Crippen LogP contribution in [0.5, 0.6) is 0 Å². The maximum absolute atomic E-state index is 11.7. The zero-order chi connectivity index (χ0) is 13.0. The highest BCUT2D eigenvalue weighted by molar-refractivity contribution is 6.30. The normalized spacial score (nSPS) is 10.6. The molecule has 1 aromatic carbocycles. The summed E-state index contributed by atoms with van der Waals surface area (Å²) in [6, 6.07) is 7.49. The summed E-state index contributed by atoms with van der Waals surface area (Å²) < 4.78 is 0. The maximum Gasteiger partial charge on any atom is 0.255 e. The fourth-order valence-corrected chi connectivity index (χ4v) is 1.79. The average molecular weight is 264 g/mol. The molecular weight excluding hydrogens is 250 g/mol. The first-order valence-electron chi connectivity index (χ1n) is 5.65. The first-order chi connectivity index (χ1) is 8.69. The van der Waals surface area contributed by atoms with Crippen molar-refractivity contribution >= 4 is 11.6 Å². The van der Waals surface area contributed by atoms with Gasteiger partial charge in [0, 0.05) is 29.7 Å². The van der Waals surface area contributed by atoms with Crippen LogP contribution in [0, 0.1) is 0 Å². The van der Waals surface area contributed by atoms with Gasteiger partial charge in [-0.05, 0) is 24.7 Å². The minimum Gasteiger partial charge on any atom is -0.315 e. The summed E-state index contributed by atoms with van der Waals surface area (Å²) in [7, 11) is 1.79. The van der Waals surface area contributed by atoms with E-state index in [1.807, 2.05) is 24.3 Å². The number of hydrogen-bond donors (Lipinski definition) is 2. The molecule has 0 bridgehead atoms. The van der Waals surface area contributed by atoms with Crippen molar-refractivity contribution in [2.75, 3.05) is 7.05 Å². The van der Waals surface area contributed by atoms with Gasteiger partial charge in [-0.2, -0.15) is 0 Å². The number of rotatable bonds is 4. The van der Waals surface area contributed by atoms with E-state index in [-0.39, 0.29) is 5.56 Å². The minimum absolute atomic E-state index is 0.0942. The number of hydrogen-bond acceptors (Lipinski definition) is 3. The lowest BCUT2D eigenvalue weighted by atomic mass is 10.1. The van der Waals surface area contributed by atoms with E-state index < -0.39 is 0 Å². The van der Waals surface area contributed by atoms with Gasteiger partial charge in [0.15, 0.2) is 0 Å². The molecule has 2 aromatic rings. The number of H-pyrrole nitrogens is 1. The Hall–Kier alpha value is -1.65. The van der Waals surface area contributed by atoms with E-state index in [1.165, 1.54) is 0 Å². The molecule has 0 aliphatic heterocycles. The Morgan fingerprint density at radius 3 is 2.67 bits per heavy atom. The first-order valence-corrected chi connectivity index (χ1v) is 6.03. The number of halogens is 1. The summed E-state index contributed by atoms with van der Waals surface area (Å²) in [5.41, 5.74) is 1.60. The van der Waals surface area contributed by atoms with Crippen LogP contribution in [-0.2, 0) is 13.0 Å². The van der Waals surface area contributed by atoms with Crippen LogP contribution in [0.15, 0.2) is 35.3 Å². The van der Waals surface area contributed by atoms with E-state index >= 15 is 0 Å². The lowest BCUT2D eigenvalue weighted by Gasteiger charge is -2.03. The van der Waals surface area contributed by atoms with Gasteiger partial charge in [-0.1, -0.05) is 23.7 Å². The third kappa shape index (κ3) is 3.18. The van der Waals surface area contributed by atoms with E-state index in [9.17, 15) is 4.79 Å². The molecule has 94 valence electrons. The molecule has 18 heavy (non-hydrogen) atoms. The third-order valence-corrected chi connectivity index (χ3v) is 2.83. The van der Waals surface area contributed by atoms with Crippen molar-refractivity contribution < 1.29 is 0 Å². The third-order valence-electron chi connectivity index (χ3n) is 2.58. The molecule has 2 rings (SSSR count). The second kappa shape index (κ2) is 5.80. The second-order valence-corrected chi connectivity index (χ2v) is 4.45. The lowest BCUT2D eigenvalue weighted by molar-refractivity contribution is 0.786. The van der Waals surface area contributed by atoms with Gasteiger partial charge in [0.05, 0.1) is 0 Å². The summed E-state index contributed by atoms with van der Waals surface area (Å²) in [5.74, 6) is 0.655. The molecule has 4 nitrogen and oxygen atoms in total. The van der Waals surface area contributed by atoms with Crippen LogP contribution in [0.3, 0.4) is 0 Å². The highest BCUT2D eigenvalue weighted by atomic mass is 35.5. The molecule has 0 saturated heterocycles. The number of aromatic nitrogens is 2. The molecule has 0 amide bonds. The highest BCUT2D eigenvalue weighted by Gasteiger charge is 2.03. The van der Waals surface area contributed by atoms with Crippen molar-refractivity contribution in [1.29, 1.82) is 0 Å². The van der Waals surface area contributed by atoms with Crippen LogP contribution in [-0.4, -0.2) is 17.0 Å². The van der Waals surface area contributed by atoms with Crippen molar-refractivity contribution in [3.63, 3.8) is 0 Å². The van der Waals surface area contributed by atoms with E-state index in [0.717, 1.165) is 5.56 Å². The smallest absolute Gasteiger partial charge is 0.255 e. The number of aromatic amines is 1. The molecule has 0 radical (unpaired) electrons. The Kier molecular flexibility index (Phi) is 4.12. The molecule has 0 spiro atoms. The Morgan fingerprint density at radius 1 is 1.33 bits per heavy atom. The quantitative estimate of drug-likeness (QED) is 0.883. The molecule has 0 saturated carbocycles. The Morgan fingerprint density at radius 2 is 2.06 bits per heavy atom. The van der Waals surface area contributed by atoms with Gasteiger partial charge in [-0.25, -0.2) is 4.98 Å². The zero-order valence-electron chi connectivity index (χ0n) is 10.0. The van der Waals surface area contributed by atoms with E-state index in [1.54, 1.807) is 13.2 Å². The number of nitrogens with one attached hydrogen (secondary N) is 2. The van der Waals surface area contributed by atoms with E-state index in [0.29, 0.717) is 29.4 Å². The molecular formula is C13H14ClN3O. The molecule has 1 aromatic heterocycles. The summed E-state index contributed by atoms with van der Waals surface area (Å²) in [4.78, 5) is 18.7. The molecule has 0 unspecified atom stereocenters. The molecule has 0 fully saturated rings. The summed E-state index contributed by atoms with van der Waals surface area (Å²) in [6.07, 6.45) is 2.20. The maximum atomic E-state index is 11.7.